The molecule has 29 heavy (non-hydrogen) atoms. The third kappa shape index (κ3) is 5.42. The highest BCUT2D eigenvalue weighted by Crippen LogP contribution is 2.25. The summed E-state index contributed by atoms with van der Waals surface area (Å²) in [5.41, 5.74) is 3.36. The molecule has 0 fully saturated rings. The van der Waals surface area contributed by atoms with Crippen molar-refractivity contribution in [3.05, 3.63) is 66.2 Å². The number of fused-ring (bicyclic) bond motifs is 1. The van der Waals surface area contributed by atoms with Crippen LogP contribution < -0.4 is 5.32 Å². The number of benzene rings is 2. The maximum atomic E-state index is 13.1. The van der Waals surface area contributed by atoms with Gasteiger partial charge in [-0.1, -0.05) is 62.4 Å². The fraction of sp³-hybridized carbons (Fsp3) is 0.360. The Labute approximate surface area is 174 Å². The summed E-state index contributed by atoms with van der Waals surface area (Å²) < 4.78 is 0. The van der Waals surface area contributed by atoms with Gasteiger partial charge in [-0.05, 0) is 51.5 Å². The Morgan fingerprint density at radius 2 is 1.72 bits per heavy atom. The van der Waals surface area contributed by atoms with Gasteiger partial charge in [0.2, 0.25) is 0 Å². The largest absolute Gasteiger partial charge is 0.350 e. The van der Waals surface area contributed by atoms with E-state index in [2.05, 4.69) is 31.0 Å². The van der Waals surface area contributed by atoms with Crippen LogP contribution in [0, 0.1) is 0 Å². The van der Waals surface area contributed by atoms with Gasteiger partial charge in [0.1, 0.15) is 0 Å². The van der Waals surface area contributed by atoms with Crippen molar-refractivity contribution in [2.45, 2.75) is 39.7 Å². The SMILES string of the molecule is CCN(CC)CCCC(C)NC(=O)c1cc(-c2ccccc2)nc2ccccc12. The number of nitrogens with one attached hydrogen (secondary N) is 1. The van der Waals surface area contributed by atoms with Crippen LogP contribution in [0.3, 0.4) is 0 Å². The van der Waals surface area contributed by atoms with Gasteiger partial charge in [-0.3, -0.25) is 4.79 Å². The standard InChI is InChI=1S/C25H31N3O/c1-4-28(5-2)17-11-12-19(3)26-25(29)22-18-24(20-13-7-6-8-14-20)27-23-16-10-9-15-21(22)23/h6-10,13-16,18-19H,4-5,11-12,17H2,1-3H3,(H,26,29). The van der Waals surface area contributed by atoms with Crippen molar-refractivity contribution in [2.24, 2.45) is 0 Å². The van der Waals surface area contributed by atoms with Gasteiger partial charge in [-0.25, -0.2) is 4.98 Å². The molecule has 0 aliphatic rings. The highest BCUT2D eigenvalue weighted by Gasteiger charge is 2.16. The number of pyridine rings is 1. The number of carbonyl (C=O) groups excluding carboxylic acids is 1. The van der Waals surface area contributed by atoms with Crippen molar-refractivity contribution in [3.63, 3.8) is 0 Å². The molecule has 1 atom stereocenters. The van der Waals surface area contributed by atoms with Crippen molar-refractivity contribution < 1.29 is 4.79 Å². The Balaban J connectivity index is 1.78. The Kier molecular flexibility index (Phi) is 7.36. The van der Waals surface area contributed by atoms with Gasteiger partial charge >= 0.3 is 0 Å². The highest BCUT2D eigenvalue weighted by molar-refractivity contribution is 6.07. The lowest BCUT2D eigenvalue weighted by molar-refractivity contribution is 0.0939. The van der Waals surface area contributed by atoms with E-state index < -0.39 is 0 Å². The molecule has 0 aliphatic heterocycles. The van der Waals surface area contributed by atoms with Crippen LogP contribution in [0.15, 0.2) is 60.7 Å². The summed E-state index contributed by atoms with van der Waals surface area (Å²) in [5, 5.41) is 4.08. The minimum absolute atomic E-state index is 0.0314. The summed E-state index contributed by atoms with van der Waals surface area (Å²) in [6.45, 7) is 9.68. The average Bonchev–Trinajstić information content (AvgIpc) is 2.76. The van der Waals surface area contributed by atoms with Crippen LogP contribution in [0.2, 0.25) is 0 Å². The third-order valence-corrected chi connectivity index (χ3v) is 5.41. The molecule has 1 unspecified atom stereocenters. The summed E-state index contributed by atoms with van der Waals surface area (Å²) in [5.74, 6) is -0.0314. The molecule has 0 bridgehead atoms. The van der Waals surface area contributed by atoms with Crippen LogP contribution in [0.4, 0.5) is 0 Å². The molecule has 0 saturated heterocycles. The van der Waals surface area contributed by atoms with Crippen molar-refractivity contribution in [3.8, 4) is 11.3 Å². The quantitative estimate of drug-likeness (QED) is 0.551. The second-order valence-corrected chi connectivity index (χ2v) is 7.48. The lowest BCUT2D eigenvalue weighted by Gasteiger charge is -2.20. The molecule has 1 N–H and O–H groups in total. The van der Waals surface area contributed by atoms with Gasteiger partial charge in [-0.2, -0.15) is 0 Å². The van der Waals surface area contributed by atoms with Crippen molar-refractivity contribution in [1.29, 1.82) is 0 Å². The van der Waals surface area contributed by atoms with Gasteiger partial charge < -0.3 is 10.2 Å². The van der Waals surface area contributed by atoms with Crippen molar-refractivity contribution in [2.75, 3.05) is 19.6 Å². The van der Waals surface area contributed by atoms with Crippen LogP contribution in [0.5, 0.6) is 0 Å². The second kappa shape index (κ2) is 10.2. The Morgan fingerprint density at radius 3 is 2.45 bits per heavy atom. The van der Waals surface area contributed by atoms with Gasteiger partial charge in [0, 0.05) is 17.0 Å². The van der Waals surface area contributed by atoms with E-state index in [4.69, 9.17) is 4.98 Å². The zero-order valence-electron chi connectivity index (χ0n) is 17.7. The first-order valence-corrected chi connectivity index (χ1v) is 10.6. The van der Waals surface area contributed by atoms with E-state index in [9.17, 15) is 4.79 Å². The number of amides is 1. The molecule has 1 heterocycles. The monoisotopic (exact) mass is 389 g/mol. The average molecular weight is 390 g/mol. The Morgan fingerprint density at radius 1 is 1.03 bits per heavy atom. The first kappa shape index (κ1) is 21.0. The molecule has 4 nitrogen and oxygen atoms in total. The number of aromatic nitrogens is 1. The minimum atomic E-state index is -0.0314. The molecule has 0 saturated carbocycles. The summed E-state index contributed by atoms with van der Waals surface area (Å²) in [4.78, 5) is 20.3. The second-order valence-electron chi connectivity index (χ2n) is 7.48. The zero-order valence-corrected chi connectivity index (χ0v) is 17.7. The summed E-state index contributed by atoms with van der Waals surface area (Å²) in [6, 6.07) is 19.9. The Hall–Kier alpha value is -2.72. The van der Waals surface area contributed by atoms with E-state index in [0.29, 0.717) is 5.56 Å². The normalized spacial score (nSPS) is 12.3. The topological polar surface area (TPSA) is 45.2 Å². The first-order valence-electron chi connectivity index (χ1n) is 10.6. The van der Waals surface area contributed by atoms with E-state index in [1.54, 1.807) is 0 Å². The number of rotatable bonds is 9. The molecule has 152 valence electrons. The molecule has 0 spiro atoms. The fourth-order valence-electron chi connectivity index (χ4n) is 3.65. The molecule has 2 aromatic carbocycles. The van der Waals surface area contributed by atoms with Gasteiger partial charge in [0.25, 0.3) is 5.91 Å². The number of nitrogens with zero attached hydrogens (tertiary/aromatic N) is 2. The van der Waals surface area contributed by atoms with E-state index in [1.807, 2.05) is 60.7 Å². The lowest BCUT2D eigenvalue weighted by atomic mass is 10.0. The Bertz CT molecular complexity index is 935. The minimum Gasteiger partial charge on any atom is -0.350 e. The number of carbonyl (C=O) groups is 1. The predicted molar refractivity (Wildman–Crippen MR) is 121 cm³/mol. The summed E-state index contributed by atoms with van der Waals surface area (Å²) in [7, 11) is 0. The van der Waals surface area contributed by atoms with Crippen molar-refractivity contribution >= 4 is 16.8 Å². The van der Waals surface area contributed by atoms with Crippen molar-refractivity contribution in [1.82, 2.24) is 15.2 Å². The molecule has 1 amide bonds. The number of hydrogen-bond donors (Lipinski definition) is 1. The summed E-state index contributed by atoms with van der Waals surface area (Å²) in [6.07, 6.45) is 2.05. The van der Waals surface area contributed by atoms with Crippen LogP contribution in [0.1, 0.15) is 44.0 Å². The highest BCUT2D eigenvalue weighted by atomic mass is 16.1. The molecule has 0 aliphatic carbocycles. The van der Waals surface area contributed by atoms with Crippen LogP contribution >= 0.6 is 0 Å². The molecule has 3 rings (SSSR count). The molecule has 0 radical (unpaired) electrons. The van der Waals surface area contributed by atoms with Crippen LogP contribution in [0.25, 0.3) is 22.2 Å². The van der Waals surface area contributed by atoms with E-state index in [-0.39, 0.29) is 11.9 Å². The molecule has 4 heteroatoms. The maximum absolute atomic E-state index is 13.1. The molecular formula is C25H31N3O. The van der Waals surface area contributed by atoms with E-state index in [0.717, 1.165) is 54.6 Å². The van der Waals surface area contributed by atoms with Gasteiger partial charge in [-0.15, -0.1) is 0 Å². The fourth-order valence-corrected chi connectivity index (χ4v) is 3.65. The summed E-state index contributed by atoms with van der Waals surface area (Å²) >= 11 is 0. The van der Waals surface area contributed by atoms with Crippen LogP contribution in [-0.4, -0.2) is 41.5 Å². The zero-order chi connectivity index (χ0) is 20.6. The van der Waals surface area contributed by atoms with E-state index >= 15 is 0 Å². The first-order chi connectivity index (χ1) is 14.1. The van der Waals surface area contributed by atoms with Crippen LogP contribution in [-0.2, 0) is 0 Å². The maximum Gasteiger partial charge on any atom is 0.252 e. The van der Waals surface area contributed by atoms with Gasteiger partial charge in [0.05, 0.1) is 16.8 Å². The number of hydrogen-bond acceptors (Lipinski definition) is 3. The lowest BCUT2D eigenvalue weighted by Crippen LogP contribution is -2.33. The molecule has 1 aromatic heterocycles. The number of para-hydroxylation sites is 1. The van der Waals surface area contributed by atoms with Gasteiger partial charge in [0.15, 0.2) is 0 Å². The molecule has 3 aromatic rings. The van der Waals surface area contributed by atoms with E-state index in [1.165, 1.54) is 0 Å². The smallest absolute Gasteiger partial charge is 0.252 e. The third-order valence-electron chi connectivity index (χ3n) is 5.41. The predicted octanol–water partition coefficient (Wildman–Crippen LogP) is 5.14. The molecular weight excluding hydrogens is 358 g/mol.